The molecule has 2 nitrogen and oxygen atoms in total. The zero-order valence-corrected chi connectivity index (χ0v) is 9.41. The lowest BCUT2D eigenvalue weighted by Crippen LogP contribution is -2.24. The van der Waals surface area contributed by atoms with E-state index in [0.29, 0.717) is 5.84 Å². The number of benzene rings is 1. The molecule has 70 valence electrons. The predicted molar refractivity (Wildman–Crippen MR) is 60.5 cm³/mol. The fourth-order valence-corrected chi connectivity index (χ4v) is 1.89. The van der Waals surface area contributed by atoms with Gasteiger partial charge in [0.05, 0.1) is 0 Å². The van der Waals surface area contributed by atoms with Crippen LogP contribution in [0.4, 0.5) is 0 Å². The van der Waals surface area contributed by atoms with Gasteiger partial charge in [-0.15, -0.1) is 0 Å². The zero-order valence-electron chi connectivity index (χ0n) is 8.41. The molecule has 1 rings (SSSR count). The van der Waals surface area contributed by atoms with Crippen molar-refractivity contribution >= 4 is 14.1 Å². The lowest BCUT2D eigenvalue weighted by Gasteiger charge is -2.10. The highest BCUT2D eigenvalue weighted by Crippen LogP contribution is 2.05. The van der Waals surface area contributed by atoms with Crippen molar-refractivity contribution in [1.82, 2.24) is 0 Å². The largest absolute Gasteiger partial charge is 0.384 e. The Kier molecular flexibility index (Phi) is 2.88. The summed E-state index contributed by atoms with van der Waals surface area (Å²) in [4.78, 5) is 0. The van der Waals surface area contributed by atoms with Gasteiger partial charge in [0.1, 0.15) is 5.84 Å². The third-order valence-electron chi connectivity index (χ3n) is 1.53. The van der Waals surface area contributed by atoms with Crippen LogP contribution in [0.15, 0.2) is 35.0 Å². The van der Waals surface area contributed by atoms with Crippen LogP contribution < -0.4 is 5.73 Å². The number of hydrogen-bond donors (Lipinski definition) is 1. The number of nitrogens with zero attached hydrogens (tertiary/aromatic N) is 1. The quantitative estimate of drug-likeness (QED) is 0.435. The van der Waals surface area contributed by atoms with Crippen LogP contribution >= 0.6 is 0 Å². The average Bonchev–Trinajstić information content (AvgIpc) is 2.03. The second kappa shape index (κ2) is 3.74. The first-order chi connectivity index (χ1) is 5.99. The maximum Gasteiger partial charge on any atom is 0.175 e. The van der Waals surface area contributed by atoms with Crippen molar-refractivity contribution in [3.63, 3.8) is 0 Å². The van der Waals surface area contributed by atoms with Crippen LogP contribution in [-0.4, -0.2) is 14.1 Å². The fourth-order valence-electron chi connectivity index (χ4n) is 1.03. The number of rotatable bonds is 2. The Morgan fingerprint density at radius 3 is 2.15 bits per heavy atom. The molecule has 0 bridgehead atoms. The van der Waals surface area contributed by atoms with Crippen LogP contribution in [0.2, 0.25) is 19.6 Å². The smallest absolute Gasteiger partial charge is 0.175 e. The summed E-state index contributed by atoms with van der Waals surface area (Å²) < 4.78 is 4.51. The molecule has 3 heteroatoms. The highest BCUT2D eigenvalue weighted by Gasteiger charge is 2.12. The van der Waals surface area contributed by atoms with Gasteiger partial charge >= 0.3 is 0 Å². The van der Waals surface area contributed by atoms with Gasteiger partial charge in [-0.05, 0) is 19.6 Å². The molecule has 0 saturated heterocycles. The van der Waals surface area contributed by atoms with E-state index in [4.69, 9.17) is 5.73 Å². The highest BCUT2D eigenvalue weighted by molar-refractivity contribution is 6.75. The maximum atomic E-state index is 5.87. The van der Waals surface area contributed by atoms with Crippen LogP contribution in [0.5, 0.6) is 0 Å². The molecule has 0 fully saturated rings. The molecule has 1 aromatic carbocycles. The van der Waals surface area contributed by atoms with Gasteiger partial charge in [0, 0.05) is 5.56 Å². The van der Waals surface area contributed by atoms with Crippen LogP contribution in [-0.2, 0) is 0 Å². The summed E-state index contributed by atoms with van der Waals surface area (Å²) in [5, 5.41) is 0. The first kappa shape index (κ1) is 9.99. The Morgan fingerprint density at radius 1 is 1.15 bits per heavy atom. The molecular weight excluding hydrogens is 176 g/mol. The van der Waals surface area contributed by atoms with Gasteiger partial charge in [0.15, 0.2) is 8.24 Å². The number of hydrogen-bond acceptors (Lipinski definition) is 1. The lowest BCUT2D eigenvalue weighted by molar-refractivity contribution is 1.48. The SMILES string of the molecule is C[Si](C)(C)/N=C(\N)c1ccccc1. The second-order valence-electron chi connectivity index (χ2n) is 4.03. The normalized spacial score (nSPS) is 13.0. The van der Waals surface area contributed by atoms with Crippen LogP contribution in [0.3, 0.4) is 0 Å². The minimum Gasteiger partial charge on any atom is -0.384 e. The van der Waals surface area contributed by atoms with Gasteiger partial charge in [-0.3, -0.25) is 0 Å². The van der Waals surface area contributed by atoms with Gasteiger partial charge in [-0.25, -0.2) is 0 Å². The maximum absolute atomic E-state index is 5.87. The molecule has 0 atom stereocenters. The summed E-state index contributed by atoms with van der Waals surface area (Å²) in [6.45, 7) is 6.51. The Bertz CT molecular complexity index is 298. The van der Waals surface area contributed by atoms with Crippen molar-refractivity contribution < 1.29 is 0 Å². The van der Waals surface area contributed by atoms with Crippen LogP contribution in [0.25, 0.3) is 0 Å². The van der Waals surface area contributed by atoms with Crippen molar-refractivity contribution in [3.8, 4) is 0 Å². The van der Waals surface area contributed by atoms with Gasteiger partial charge in [-0.2, -0.15) is 0 Å². The van der Waals surface area contributed by atoms with Gasteiger partial charge < -0.3 is 10.4 Å². The minimum atomic E-state index is -1.44. The number of amidine groups is 1. The van der Waals surface area contributed by atoms with E-state index < -0.39 is 8.24 Å². The molecule has 13 heavy (non-hydrogen) atoms. The molecule has 0 heterocycles. The van der Waals surface area contributed by atoms with E-state index >= 15 is 0 Å². The summed E-state index contributed by atoms with van der Waals surface area (Å²) >= 11 is 0. The van der Waals surface area contributed by atoms with Gasteiger partial charge in [-0.1, -0.05) is 30.3 Å². The molecular formula is C10H16N2Si. The molecule has 0 aliphatic rings. The Labute approximate surface area is 80.6 Å². The first-order valence-corrected chi connectivity index (χ1v) is 7.84. The molecule has 0 saturated carbocycles. The first-order valence-electron chi connectivity index (χ1n) is 4.40. The minimum absolute atomic E-state index is 0.666. The summed E-state index contributed by atoms with van der Waals surface area (Å²) in [5.74, 6) is 0.666. The summed E-state index contributed by atoms with van der Waals surface area (Å²) in [6.07, 6.45) is 0. The van der Waals surface area contributed by atoms with Crippen molar-refractivity contribution in [2.24, 2.45) is 10.4 Å². The third kappa shape index (κ3) is 3.42. The van der Waals surface area contributed by atoms with E-state index in [1.165, 1.54) is 0 Å². The van der Waals surface area contributed by atoms with Crippen LogP contribution in [0, 0.1) is 0 Å². The topological polar surface area (TPSA) is 38.4 Å². The zero-order chi connectivity index (χ0) is 9.90. The molecule has 0 radical (unpaired) electrons. The number of nitrogens with two attached hydrogens (primary N) is 1. The molecule has 0 aliphatic heterocycles. The van der Waals surface area contributed by atoms with Crippen LogP contribution in [0.1, 0.15) is 5.56 Å². The van der Waals surface area contributed by atoms with E-state index in [1.807, 2.05) is 30.3 Å². The second-order valence-corrected chi connectivity index (χ2v) is 8.60. The molecule has 0 aliphatic carbocycles. The molecule has 0 unspecified atom stereocenters. The molecule has 1 aromatic rings. The summed E-state index contributed by atoms with van der Waals surface area (Å²) in [7, 11) is -1.44. The average molecular weight is 192 g/mol. The van der Waals surface area contributed by atoms with E-state index in [0.717, 1.165) is 5.56 Å². The summed E-state index contributed by atoms with van der Waals surface area (Å²) in [6, 6.07) is 9.90. The Hall–Kier alpha value is -1.09. The molecule has 0 spiro atoms. The molecule has 0 amide bonds. The Morgan fingerprint density at radius 2 is 1.69 bits per heavy atom. The van der Waals surface area contributed by atoms with Gasteiger partial charge in [0.2, 0.25) is 0 Å². The van der Waals surface area contributed by atoms with E-state index in [9.17, 15) is 0 Å². The molecule has 2 N–H and O–H groups in total. The predicted octanol–water partition coefficient (Wildman–Crippen LogP) is 2.23. The molecule has 0 aromatic heterocycles. The van der Waals surface area contributed by atoms with Gasteiger partial charge in [0.25, 0.3) is 0 Å². The monoisotopic (exact) mass is 192 g/mol. The lowest BCUT2D eigenvalue weighted by atomic mass is 10.2. The van der Waals surface area contributed by atoms with E-state index in [2.05, 4.69) is 24.3 Å². The van der Waals surface area contributed by atoms with E-state index in [-0.39, 0.29) is 0 Å². The highest BCUT2D eigenvalue weighted by atomic mass is 28.3. The summed E-state index contributed by atoms with van der Waals surface area (Å²) in [5.41, 5.74) is 6.88. The fraction of sp³-hybridized carbons (Fsp3) is 0.300. The third-order valence-corrected chi connectivity index (χ3v) is 2.44. The Balaban J connectivity index is 2.92. The van der Waals surface area contributed by atoms with E-state index in [1.54, 1.807) is 0 Å². The van der Waals surface area contributed by atoms with Crippen molar-refractivity contribution in [3.05, 3.63) is 35.9 Å². The van der Waals surface area contributed by atoms with Crippen molar-refractivity contribution in [2.75, 3.05) is 0 Å². The van der Waals surface area contributed by atoms with Crippen molar-refractivity contribution in [2.45, 2.75) is 19.6 Å². The van der Waals surface area contributed by atoms with Crippen molar-refractivity contribution in [1.29, 1.82) is 0 Å². The standard InChI is InChI=1S/C10H16N2Si/c1-13(2,3)12-10(11)9-7-5-4-6-8-9/h4-8H,1-3H3,(H2,11,12).